The summed E-state index contributed by atoms with van der Waals surface area (Å²) in [5, 5.41) is 12.9. The highest BCUT2D eigenvalue weighted by atomic mass is 32.2. The monoisotopic (exact) mass is 281 g/mol. The fourth-order valence-corrected chi connectivity index (χ4v) is 2.68. The van der Waals surface area contributed by atoms with Crippen molar-refractivity contribution < 1.29 is 9.84 Å². The third-order valence-corrected chi connectivity index (χ3v) is 4.49. The van der Waals surface area contributed by atoms with Crippen LogP contribution in [0.5, 0.6) is 5.75 Å². The second-order valence-corrected chi connectivity index (χ2v) is 6.53. The Kier molecular flexibility index (Phi) is 5.55. The molecule has 1 aliphatic carbocycles. The molecule has 19 heavy (non-hydrogen) atoms. The average Bonchev–Trinajstić information content (AvgIpc) is 3.26. The van der Waals surface area contributed by atoms with Crippen molar-refractivity contribution in [2.75, 3.05) is 13.7 Å². The minimum absolute atomic E-state index is 0.218. The summed E-state index contributed by atoms with van der Waals surface area (Å²) in [6.45, 7) is 3.19. The first-order valence-electron chi connectivity index (χ1n) is 6.84. The highest BCUT2D eigenvalue weighted by molar-refractivity contribution is 7.99. The Morgan fingerprint density at radius 2 is 2.26 bits per heavy atom. The molecule has 0 aliphatic heterocycles. The summed E-state index contributed by atoms with van der Waals surface area (Å²) in [6.07, 6.45) is 2.62. The molecule has 0 spiro atoms. The first-order chi connectivity index (χ1) is 9.22. The number of benzene rings is 1. The van der Waals surface area contributed by atoms with Crippen LogP contribution in [0.25, 0.3) is 0 Å². The topological polar surface area (TPSA) is 41.5 Å². The molecular formula is C15H23NO2S. The van der Waals surface area contributed by atoms with E-state index in [0.717, 1.165) is 24.1 Å². The maximum Gasteiger partial charge on any atom is 0.122 e. The Balaban J connectivity index is 1.97. The summed E-state index contributed by atoms with van der Waals surface area (Å²) in [4.78, 5) is 0. The minimum Gasteiger partial charge on any atom is -0.496 e. The van der Waals surface area contributed by atoms with E-state index in [2.05, 4.69) is 17.4 Å². The van der Waals surface area contributed by atoms with Crippen molar-refractivity contribution in [1.82, 2.24) is 5.32 Å². The van der Waals surface area contributed by atoms with Gasteiger partial charge in [0.15, 0.2) is 0 Å². The highest BCUT2D eigenvalue weighted by Crippen LogP contribution is 2.27. The van der Waals surface area contributed by atoms with E-state index in [1.165, 1.54) is 24.0 Å². The molecular weight excluding hydrogens is 258 g/mol. The summed E-state index contributed by atoms with van der Waals surface area (Å²) in [7, 11) is 1.71. The van der Waals surface area contributed by atoms with Gasteiger partial charge in [0, 0.05) is 29.2 Å². The van der Waals surface area contributed by atoms with E-state index in [1.54, 1.807) is 18.9 Å². The number of aliphatic hydroxyl groups excluding tert-OH is 1. The van der Waals surface area contributed by atoms with Crippen molar-refractivity contribution in [1.29, 1.82) is 0 Å². The molecule has 4 heteroatoms. The second-order valence-electron chi connectivity index (χ2n) is 5.11. The lowest BCUT2D eigenvalue weighted by Crippen LogP contribution is -2.15. The number of aliphatic hydroxyl groups is 1. The molecule has 1 saturated carbocycles. The third-order valence-electron chi connectivity index (χ3n) is 3.30. The van der Waals surface area contributed by atoms with Crippen LogP contribution in [-0.4, -0.2) is 30.1 Å². The smallest absolute Gasteiger partial charge is 0.122 e. The Morgan fingerprint density at radius 1 is 1.47 bits per heavy atom. The number of hydrogen-bond acceptors (Lipinski definition) is 4. The van der Waals surface area contributed by atoms with E-state index >= 15 is 0 Å². The van der Waals surface area contributed by atoms with Crippen molar-refractivity contribution in [3.05, 3.63) is 29.3 Å². The van der Waals surface area contributed by atoms with Gasteiger partial charge in [0.25, 0.3) is 0 Å². The predicted molar refractivity (Wildman–Crippen MR) is 80.7 cm³/mol. The predicted octanol–water partition coefficient (Wildman–Crippen LogP) is 2.56. The molecule has 1 aromatic carbocycles. The van der Waals surface area contributed by atoms with E-state index in [-0.39, 0.29) is 11.9 Å². The SMILES string of the molecule is COc1ccc(CNC2CC2)cc1CSC(C)CO. The zero-order valence-electron chi connectivity index (χ0n) is 11.7. The van der Waals surface area contributed by atoms with Crippen LogP contribution in [0, 0.1) is 0 Å². The molecule has 1 aliphatic rings. The van der Waals surface area contributed by atoms with Crippen molar-refractivity contribution in [2.45, 2.75) is 43.4 Å². The number of nitrogens with one attached hydrogen (secondary N) is 1. The van der Waals surface area contributed by atoms with Gasteiger partial charge in [0.2, 0.25) is 0 Å². The molecule has 0 aromatic heterocycles. The van der Waals surface area contributed by atoms with Gasteiger partial charge in [0.05, 0.1) is 13.7 Å². The Morgan fingerprint density at radius 3 is 2.89 bits per heavy atom. The molecule has 106 valence electrons. The number of rotatable bonds is 8. The van der Waals surface area contributed by atoms with Crippen molar-refractivity contribution >= 4 is 11.8 Å². The lowest BCUT2D eigenvalue weighted by atomic mass is 10.1. The number of hydrogen-bond donors (Lipinski definition) is 2. The summed E-state index contributed by atoms with van der Waals surface area (Å²) >= 11 is 1.75. The van der Waals surface area contributed by atoms with Crippen molar-refractivity contribution in [2.24, 2.45) is 0 Å². The van der Waals surface area contributed by atoms with Gasteiger partial charge < -0.3 is 15.2 Å². The molecule has 2 N–H and O–H groups in total. The highest BCUT2D eigenvalue weighted by Gasteiger charge is 2.20. The Hall–Kier alpha value is -0.710. The fourth-order valence-electron chi connectivity index (χ4n) is 1.89. The van der Waals surface area contributed by atoms with Crippen LogP contribution < -0.4 is 10.1 Å². The van der Waals surface area contributed by atoms with Crippen LogP contribution in [0.1, 0.15) is 30.9 Å². The summed E-state index contributed by atoms with van der Waals surface area (Å²) < 4.78 is 5.41. The summed E-state index contributed by atoms with van der Waals surface area (Å²) in [6, 6.07) is 7.11. The molecule has 1 aromatic rings. The van der Waals surface area contributed by atoms with Crippen LogP contribution >= 0.6 is 11.8 Å². The van der Waals surface area contributed by atoms with Crippen LogP contribution in [0.3, 0.4) is 0 Å². The van der Waals surface area contributed by atoms with E-state index in [1.807, 2.05) is 13.0 Å². The summed E-state index contributed by atoms with van der Waals surface area (Å²) in [5.74, 6) is 1.81. The molecule has 0 amide bonds. The normalized spacial score (nSPS) is 16.4. The van der Waals surface area contributed by atoms with Crippen LogP contribution in [0.15, 0.2) is 18.2 Å². The first-order valence-corrected chi connectivity index (χ1v) is 7.89. The van der Waals surface area contributed by atoms with Crippen LogP contribution in [0.2, 0.25) is 0 Å². The third kappa shape index (κ3) is 4.71. The minimum atomic E-state index is 0.218. The van der Waals surface area contributed by atoms with E-state index in [4.69, 9.17) is 9.84 Å². The lowest BCUT2D eigenvalue weighted by Gasteiger charge is -2.13. The molecule has 0 heterocycles. The van der Waals surface area contributed by atoms with E-state index < -0.39 is 0 Å². The molecule has 1 atom stereocenters. The molecule has 0 radical (unpaired) electrons. The zero-order valence-corrected chi connectivity index (χ0v) is 12.5. The average molecular weight is 281 g/mol. The van der Waals surface area contributed by atoms with Gasteiger partial charge in [-0.3, -0.25) is 0 Å². The summed E-state index contributed by atoms with van der Waals surface area (Å²) in [5.41, 5.74) is 2.52. The van der Waals surface area contributed by atoms with Gasteiger partial charge in [-0.1, -0.05) is 13.0 Å². The van der Waals surface area contributed by atoms with E-state index in [0.29, 0.717) is 0 Å². The Bertz CT molecular complexity index is 407. The molecule has 2 rings (SSSR count). The first kappa shape index (κ1) is 14.7. The maximum atomic E-state index is 9.08. The van der Waals surface area contributed by atoms with Gasteiger partial charge in [0.1, 0.15) is 5.75 Å². The number of thioether (sulfide) groups is 1. The molecule has 0 bridgehead atoms. The van der Waals surface area contributed by atoms with Crippen LogP contribution in [-0.2, 0) is 12.3 Å². The largest absolute Gasteiger partial charge is 0.496 e. The molecule has 0 saturated heterocycles. The van der Waals surface area contributed by atoms with E-state index in [9.17, 15) is 0 Å². The van der Waals surface area contributed by atoms with Gasteiger partial charge >= 0.3 is 0 Å². The fraction of sp³-hybridized carbons (Fsp3) is 0.600. The Labute approximate surface area is 119 Å². The zero-order chi connectivity index (χ0) is 13.7. The van der Waals surface area contributed by atoms with Crippen LogP contribution in [0.4, 0.5) is 0 Å². The maximum absolute atomic E-state index is 9.08. The molecule has 1 unspecified atom stereocenters. The van der Waals surface area contributed by atoms with Crippen molar-refractivity contribution in [3.8, 4) is 5.75 Å². The number of methoxy groups -OCH3 is 1. The standard InChI is InChI=1S/C15H23NO2S/c1-11(9-17)19-10-13-7-12(3-6-15(13)18-2)8-16-14-4-5-14/h3,6-7,11,14,16-17H,4-5,8-10H2,1-2H3. The quantitative estimate of drug-likeness (QED) is 0.768. The lowest BCUT2D eigenvalue weighted by molar-refractivity contribution is 0.300. The second kappa shape index (κ2) is 7.17. The van der Waals surface area contributed by atoms with Crippen molar-refractivity contribution in [3.63, 3.8) is 0 Å². The van der Waals surface area contributed by atoms with Gasteiger partial charge in [-0.15, -0.1) is 0 Å². The molecule has 3 nitrogen and oxygen atoms in total. The van der Waals surface area contributed by atoms with Gasteiger partial charge in [-0.25, -0.2) is 0 Å². The van der Waals surface area contributed by atoms with Gasteiger partial charge in [-0.2, -0.15) is 11.8 Å². The van der Waals surface area contributed by atoms with Gasteiger partial charge in [-0.05, 0) is 30.5 Å². The molecule has 1 fully saturated rings. The number of ether oxygens (including phenoxy) is 1.